The highest BCUT2D eigenvalue weighted by Gasteiger charge is 2.14. The van der Waals surface area contributed by atoms with Crippen LogP contribution in [0.2, 0.25) is 0 Å². The van der Waals surface area contributed by atoms with Gasteiger partial charge in [0.25, 0.3) is 0 Å². The van der Waals surface area contributed by atoms with Crippen molar-refractivity contribution in [2.75, 3.05) is 13.4 Å². The molecule has 0 aliphatic rings. The molecular formula is C9H9FO2S. The van der Waals surface area contributed by atoms with Crippen molar-refractivity contribution in [2.24, 2.45) is 0 Å². The molecule has 0 fully saturated rings. The van der Waals surface area contributed by atoms with E-state index in [-0.39, 0.29) is 5.56 Å². The van der Waals surface area contributed by atoms with E-state index in [1.165, 1.54) is 24.9 Å². The van der Waals surface area contributed by atoms with E-state index in [1.807, 2.05) is 0 Å². The third-order valence-electron chi connectivity index (χ3n) is 1.59. The Bertz CT molecular complexity index is 325. The number of carbonyl (C=O) groups excluding carboxylic acids is 1. The Labute approximate surface area is 80.1 Å². The van der Waals surface area contributed by atoms with Crippen LogP contribution in [0.1, 0.15) is 10.4 Å². The summed E-state index contributed by atoms with van der Waals surface area (Å²) in [6.45, 7) is 0. The molecule has 0 radical (unpaired) electrons. The van der Waals surface area contributed by atoms with Crippen LogP contribution in [-0.2, 0) is 4.74 Å². The Hall–Kier alpha value is -1.03. The molecule has 2 nitrogen and oxygen atoms in total. The number of hydrogen-bond acceptors (Lipinski definition) is 3. The van der Waals surface area contributed by atoms with E-state index in [2.05, 4.69) is 4.74 Å². The van der Waals surface area contributed by atoms with Crippen molar-refractivity contribution < 1.29 is 13.9 Å². The molecule has 0 N–H and O–H groups in total. The van der Waals surface area contributed by atoms with Gasteiger partial charge in [-0.1, -0.05) is 6.07 Å². The third-order valence-corrected chi connectivity index (χ3v) is 2.34. The molecule has 0 amide bonds. The summed E-state index contributed by atoms with van der Waals surface area (Å²) in [5.74, 6) is -1.16. The van der Waals surface area contributed by atoms with E-state index in [4.69, 9.17) is 0 Å². The van der Waals surface area contributed by atoms with Gasteiger partial charge in [-0.25, -0.2) is 9.18 Å². The minimum absolute atomic E-state index is 0.0191. The topological polar surface area (TPSA) is 26.3 Å². The van der Waals surface area contributed by atoms with Crippen molar-refractivity contribution in [3.05, 3.63) is 29.6 Å². The zero-order valence-corrected chi connectivity index (χ0v) is 8.15. The fraction of sp³-hybridized carbons (Fsp3) is 0.222. The fourth-order valence-corrected chi connectivity index (χ4v) is 1.44. The quantitative estimate of drug-likeness (QED) is 0.541. The Morgan fingerprint density at radius 2 is 2.23 bits per heavy atom. The molecule has 0 spiro atoms. The van der Waals surface area contributed by atoms with Gasteiger partial charge in [0, 0.05) is 4.90 Å². The van der Waals surface area contributed by atoms with Gasteiger partial charge in [-0.3, -0.25) is 0 Å². The summed E-state index contributed by atoms with van der Waals surface area (Å²) >= 11 is 1.25. The monoisotopic (exact) mass is 200 g/mol. The lowest BCUT2D eigenvalue weighted by atomic mass is 10.2. The molecule has 4 heteroatoms. The molecule has 0 aliphatic heterocycles. The molecule has 13 heavy (non-hydrogen) atoms. The molecule has 0 saturated heterocycles. The van der Waals surface area contributed by atoms with Gasteiger partial charge < -0.3 is 4.74 Å². The highest BCUT2D eigenvalue weighted by atomic mass is 32.2. The highest BCUT2D eigenvalue weighted by Crippen LogP contribution is 2.21. The number of halogens is 1. The fourth-order valence-electron chi connectivity index (χ4n) is 0.936. The van der Waals surface area contributed by atoms with Crippen molar-refractivity contribution in [3.63, 3.8) is 0 Å². The molecule has 0 aromatic heterocycles. The van der Waals surface area contributed by atoms with E-state index >= 15 is 0 Å². The number of esters is 1. The van der Waals surface area contributed by atoms with Gasteiger partial charge in [0.1, 0.15) is 0 Å². The van der Waals surface area contributed by atoms with Crippen LogP contribution in [0.5, 0.6) is 0 Å². The van der Waals surface area contributed by atoms with Crippen LogP contribution < -0.4 is 0 Å². The molecule has 1 aromatic carbocycles. The molecule has 0 saturated carbocycles. The standard InChI is InChI=1S/C9H9FO2S/c1-12-9(11)6-4-3-5-7(13-2)8(6)10/h3-5H,1-2H3. The predicted molar refractivity (Wildman–Crippen MR) is 49.5 cm³/mol. The summed E-state index contributed by atoms with van der Waals surface area (Å²) < 4.78 is 17.8. The minimum Gasteiger partial charge on any atom is -0.465 e. The summed E-state index contributed by atoms with van der Waals surface area (Å²) in [6.07, 6.45) is 1.75. The third kappa shape index (κ3) is 2.01. The van der Waals surface area contributed by atoms with Crippen molar-refractivity contribution in [1.82, 2.24) is 0 Å². The van der Waals surface area contributed by atoms with Crippen LogP contribution in [0.4, 0.5) is 4.39 Å². The van der Waals surface area contributed by atoms with Gasteiger partial charge in [0.2, 0.25) is 0 Å². The molecule has 70 valence electrons. The van der Waals surface area contributed by atoms with Gasteiger partial charge in [-0.05, 0) is 18.4 Å². The summed E-state index contributed by atoms with van der Waals surface area (Å²) in [4.78, 5) is 11.5. The molecule has 1 aromatic rings. The number of methoxy groups -OCH3 is 1. The summed E-state index contributed by atoms with van der Waals surface area (Å²) in [5, 5.41) is 0. The van der Waals surface area contributed by atoms with Gasteiger partial charge in [0.15, 0.2) is 5.82 Å². The van der Waals surface area contributed by atoms with Crippen LogP contribution in [0.3, 0.4) is 0 Å². The SMILES string of the molecule is COC(=O)c1cccc(SC)c1F. The van der Waals surface area contributed by atoms with Crippen LogP contribution >= 0.6 is 11.8 Å². The smallest absolute Gasteiger partial charge is 0.340 e. The van der Waals surface area contributed by atoms with Crippen molar-refractivity contribution in [2.45, 2.75) is 4.90 Å². The van der Waals surface area contributed by atoms with Gasteiger partial charge in [-0.15, -0.1) is 11.8 Å². The van der Waals surface area contributed by atoms with Gasteiger partial charge >= 0.3 is 5.97 Å². The lowest BCUT2D eigenvalue weighted by Crippen LogP contribution is -2.04. The zero-order chi connectivity index (χ0) is 9.84. The molecule has 0 unspecified atom stereocenters. The Morgan fingerprint density at radius 3 is 2.77 bits per heavy atom. The minimum atomic E-state index is -0.645. The van der Waals surface area contributed by atoms with E-state index in [0.717, 1.165) is 0 Å². The largest absolute Gasteiger partial charge is 0.465 e. The van der Waals surface area contributed by atoms with Crippen molar-refractivity contribution in [1.29, 1.82) is 0 Å². The van der Waals surface area contributed by atoms with Crippen molar-refractivity contribution in [3.8, 4) is 0 Å². The molecular weight excluding hydrogens is 191 g/mol. The lowest BCUT2D eigenvalue weighted by molar-refractivity contribution is 0.0595. The first kappa shape index (κ1) is 10.1. The maximum Gasteiger partial charge on any atom is 0.340 e. The van der Waals surface area contributed by atoms with Crippen LogP contribution in [0, 0.1) is 5.82 Å². The number of hydrogen-bond donors (Lipinski definition) is 0. The average Bonchev–Trinajstić information content (AvgIpc) is 2.17. The second kappa shape index (κ2) is 4.28. The first-order valence-electron chi connectivity index (χ1n) is 3.61. The van der Waals surface area contributed by atoms with E-state index in [9.17, 15) is 9.18 Å². The molecule has 1 rings (SSSR count). The zero-order valence-electron chi connectivity index (χ0n) is 7.33. The lowest BCUT2D eigenvalue weighted by Gasteiger charge is -2.03. The molecule has 0 heterocycles. The first-order chi connectivity index (χ1) is 6.20. The normalized spacial score (nSPS) is 9.77. The summed E-state index contributed by atoms with van der Waals surface area (Å²) in [5.41, 5.74) is -0.0191. The molecule has 0 bridgehead atoms. The maximum atomic E-state index is 13.4. The Balaban J connectivity index is 3.15. The van der Waals surface area contributed by atoms with Crippen LogP contribution in [-0.4, -0.2) is 19.3 Å². The van der Waals surface area contributed by atoms with E-state index in [1.54, 1.807) is 18.4 Å². The first-order valence-corrected chi connectivity index (χ1v) is 4.84. The summed E-state index contributed by atoms with van der Waals surface area (Å²) in [7, 11) is 1.23. The summed E-state index contributed by atoms with van der Waals surface area (Å²) in [6, 6.07) is 4.65. The number of benzene rings is 1. The Morgan fingerprint density at radius 1 is 1.54 bits per heavy atom. The Kier molecular flexibility index (Phi) is 3.31. The van der Waals surface area contributed by atoms with Gasteiger partial charge in [0.05, 0.1) is 12.7 Å². The number of thioether (sulfide) groups is 1. The van der Waals surface area contributed by atoms with Crippen molar-refractivity contribution >= 4 is 17.7 Å². The number of carbonyl (C=O) groups is 1. The number of ether oxygens (including phenoxy) is 1. The second-order valence-electron chi connectivity index (χ2n) is 2.31. The van der Waals surface area contributed by atoms with Gasteiger partial charge in [-0.2, -0.15) is 0 Å². The number of rotatable bonds is 2. The predicted octanol–water partition coefficient (Wildman–Crippen LogP) is 2.33. The van der Waals surface area contributed by atoms with Crippen LogP contribution in [0.15, 0.2) is 23.1 Å². The molecule has 0 atom stereocenters. The highest BCUT2D eigenvalue weighted by molar-refractivity contribution is 7.98. The van der Waals surface area contributed by atoms with E-state index in [0.29, 0.717) is 4.90 Å². The van der Waals surface area contributed by atoms with E-state index < -0.39 is 11.8 Å². The maximum absolute atomic E-state index is 13.4. The molecule has 0 aliphatic carbocycles. The second-order valence-corrected chi connectivity index (χ2v) is 3.16. The van der Waals surface area contributed by atoms with Crippen LogP contribution in [0.25, 0.3) is 0 Å². The average molecular weight is 200 g/mol.